The van der Waals surface area contributed by atoms with Crippen LogP contribution in [0.3, 0.4) is 0 Å². The predicted molar refractivity (Wildman–Crippen MR) is 67.9 cm³/mol. The number of nitrogens with zero attached hydrogens (tertiary/aromatic N) is 1. The maximum absolute atomic E-state index is 12.6. The van der Waals surface area contributed by atoms with Gasteiger partial charge in [-0.2, -0.15) is 13.2 Å². The fourth-order valence-corrected chi connectivity index (χ4v) is 1.79. The molecule has 0 aliphatic heterocycles. The Kier molecular flexibility index (Phi) is 4.13. The second-order valence-electron chi connectivity index (χ2n) is 4.61. The van der Waals surface area contributed by atoms with Gasteiger partial charge in [-0.05, 0) is 25.5 Å². The van der Waals surface area contributed by atoms with Gasteiger partial charge in [0, 0.05) is 6.54 Å². The molecule has 20 heavy (non-hydrogen) atoms. The van der Waals surface area contributed by atoms with E-state index in [0.29, 0.717) is 23.8 Å². The number of nitrogens with one attached hydrogen (secondary N) is 1. The van der Waals surface area contributed by atoms with Gasteiger partial charge < -0.3 is 9.73 Å². The molecular weight excluding hydrogens is 269 g/mol. The number of hydrogen-bond acceptors (Lipinski definition) is 3. The van der Waals surface area contributed by atoms with Crippen LogP contribution in [-0.2, 0) is 12.7 Å². The Hall–Kier alpha value is -1.82. The number of aromatic nitrogens is 1. The maximum atomic E-state index is 12.6. The van der Waals surface area contributed by atoms with E-state index in [4.69, 9.17) is 4.42 Å². The minimum Gasteiger partial charge on any atom is -0.444 e. The summed E-state index contributed by atoms with van der Waals surface area (Å²) < 4.78 is 43.1. The third-order valence-corrected chi connectivity index (χ3v) is 2.88. The normalized spacial score (nSPS) is 13.4. The van der Waals surface area contributed by atoms with Crippen molar-refractivity contribution in [2.45, 2.75) is 32.6 Å². The molecule has 0 fully saturated rings. The van der Waals surface area contributed by atoms with E-state index < -0.39 is 11.7 Å². The van der Waals surface area contributed by atoms with E-state index in [1.807, 2.05) is 6.92 Å². The largest absolute Gasteiger partial charge is 0.444 e. The topological polar surface area (TPSA) is 38.1 Å². The van der Waals surface area contributed by atoms with Crippen molar-refractivity contribution in [1.29, 1.82) is 0 Å². The Labute approximate surface area is 114 Å². The number of oxazole rings is 1. The van der Waals surface area contributed by atoms with Gasteiger partial charge in [0.1, 0.15) is 5.76 Å². The lowest BCUT2D eigenvalue weighted by Crippen LogP contribution is -2.18. The van der Waals surface area contributed by atoms with Crippen LogP contribution in [0, 0.1) is 6.92 Å². The van der Waals surface area contributed by atoms with E-state index in [9.17, 15) is 13.2 Å². The van der Waals surface area contributed by atoms with Gasteiger partial charge in [0.05, 0.1) is 17.8 Å². The lowest BCUT2D eigenvalue weighted by molar-refractivity contribution is -0.137. The van der Waals surface area contributed by atoms with Crippen LogP contribution >= 0.6 is 0 Å². The highest BCUT2D eigenvalue weighted by Crippen LogP contribution is 2.29. The summed E-state index contributed by atoms with van der Waals surface area (Å²) in [6, 6.07) is 5.08. The van der Waals surface area contributed by atoms with E-state index >= 15 is 0 Å². The standard InChI is InChI=1S/C14H15F3N2O/c1-9-7-19-13(20-9)10(2)18-8-11-4-3-5-12(6-11)14(15,16)17/h3-7,10,18H,8H2,1-2H3. The number of alkyl halides is 3. The zero-order chi connectivity index (χ0) is 14.8. The number of halogens is 3. The predicted octanol–water partition coefficient (Wildman–Crippen LogP) is 3.85. The number of aryl methyl sites for hydroxylation is 1. The molecule has 108 valence electrons. The van der Waals surface area contributed by atoms with Crippen LogP contribution in [0.5, 0.6) is 0 Å². The highest BCUT2D eigenvalue weighted by atomic mass is 19.4. The van der Waals surface area contributed by atoms with E-state index in [1.165, 1.54) is 6.07 Å². The highest BCUT2D eigenvalue weighted by molar-refractivity contribution is 5.25. The Morgan fingerprint density at radius 2 is 2.10 bits per heavy atom. The molecule has 3 nitrogen and oxygen atoms in total. The summed E-state index contributed by atoms with van der Waals surface area (Å²) in [6.45, 7) is 3.95. The summed E-state index contributed by atoms with van der Waals surface area (Å²) in [5, 5.41) is 3.08. The zero-order valence-electron chi connectivity index (χ0n) is 11.2. The van der Waals surface area contributed by atoms with Gasteiger partial charge in [-0.15, -0.1) is 0 Å². The molecule has 1 aromatic heterocycles. The summed E-state index contributed by atoms with van der Waals surface area (Å²) >= 11 is 0. The van der Waals surface area contributed by atoms with Crippen molar-refractivity contribution in [3.05, 3.63) is 53.2 Å². The summed E-state index contributed by atoms with van der Waals surface area (Å²) in [4.78, 5) is 4.08. The van der Waals surface area contributed by atoms with Crippen molar-refractivity contribution in [1.82, 2.24) is 10.3 Å². The van der Waals surface area contributed by atoms with E-state index in [0.717, 1.165) is 12.1 Å². The van der Waals surface area contributed by atoms with E-state index in [2.05, 4.69) is 10.3 Å². The summed E-state index contributed by atoms with van der Waals surface area (Å²) in [5.41, 5.74) is -0.0774. The quantitative estimate of drug-likeness (QED) is 0.926. The molecule has 1 atom stereocenters. The molecule has 0 bridgehead atoms. The molecule has 1 aromatic carbocycles. The monoisotopic (exact) mass is 284 g/mol. The van der Waals surface area contributed by atoms with Gasteiger partial charge in [0.15, 0.2) is 0 Å². The summed E-state index contributed by atoms with van der Waals surface area (Å²) in [5.74, 6) is 1.22. The van der Waals surface area contributed by atoms with Crippen molar-refractivity contribution in [2.75, 3.05) is 0 Å². The molecule has 1 heterocycles. The van der Waals surface area contributed by atoms with E-state index in [-0.39, 0.29) is 6.04 Å². The van der Waals surface area contributed by atoms with Gasteiger partial charge in [-0.1, -0.05) is 18.2 Å². The highest BCUT2D eigenvalue weighted by Gasteiger charge is 2.30. The molecule has 0 saturated carbocycles. The van der Waals surface area contributed by atoms with Crippen LogP contribution in [0.25, 0.3) is 0 Å². The molecule has 6 heteroatoms. The maximum Gasteiger partial charge on any atom is 0.416 e. The molecule has 0 saturated heterocycles. The molecule has 0 radical (unpaired) electrons. The third kappa shape index (κ3) is 3.60. The smallest absolute Gasteiger partial charge is 0.416 e. The minimum atomic E-state index is -4.32. The fraction of sp³-hybridized carbons (Fsp3) is 0.357. The second-order valence-corrected chi connectivity index (χ2v) is 4.61. The first-order chi connectivity index (χ1) is 9.36. The number of hydrogen-bond donors (Lipinski definition) is 1. The molecule has 2 aromatic rings. The molecule has 0 aliphatic carbocycles. The lowest BCUT2D eigenvalue weighted by atomic mass is 10.1. The van der Waals surface area contributed by atoms with Gasteiger partial charge in [-0.25, -0.2) is 4.98 Å². The van der Waals surface area contributed by atoms with Crippen molar-refractivity contribution in [3.63, 3.8) is 0 Å². The Balaban J connectivity index is 2.00. The molecular formula is C14H15F3N2O. The average Bonchev–Trinajstić information content (AvgIpc) is 2.82. The van der Waals surface area contributed by atoms with Crippen LogP contribution in [0.15, 0.2) is 34.9 Å². The molecule has 1 N–H and O–H groups in total. The van der Waals surface area contributed by atoms with Gasteiger partial charge in [0.2, 0.25) is 5.89 Å². The molecule has 0 spiro atoms. The SMILES string of the molecule is Cc1cnc(C(C)NCc2cccc(C(F)(F)F)c2)o1. The van der Waals surface area contributed by atoms with Crippen LogP contribution < -0.4 is 5.32 Å². The molecule has 1 unspecified atom stereocenters. The van der Waals surface area contributed by atoms with Crippen LogP contribution in [0.1, 0.15) is 35.7 Å². The van der Waals surface area contributed by atoms with Crippen LogP contribution in [0.4, 0.5) is 13.2 Å². The number of rotatable bonds is 4. The van der Waals surface area contributed by atoms with Crippen LogP contribution in [-0.4, -0.2) is 4.98 Å². The average molecular weight is 284 g/mol. The molecule has 0 amide bonds. The van der Waals surface area contributed by atoms with Crippen molar-refractivity contribution < 1.29 is 17.6 Å². The van der Waals surface area contributed by atoms with Gasteiger partial charge in [0.25, 0.3) is 0 Å². The van der Waals surface area contributed by atoms with Gasteiger partial charge in [-0.3, -0.25) is 0 Å². The van der Waals surface area contributed by atoms with Crippen molar-refractivity contribution >= 4 is 0 Å². The lowest BCUT2D eigenvalue weighted by Gasteiger charge is -2.12. The Morgan fingerprint density at radius 3 is 2.70 bits per heavy atom. The first-order valence-electron chi connectivity index (χ1n) is 6.18. The first-order valence-corrected chi connectivity index (χ1v) is 6.18. The zero-order valence-corrected chi connectivity index (χ0v) is 11.2. The fourth-order valence-electron chi connectivity index (χ4n) is 1.79. The third-order valence-electron chi connectivity index (χ3n) is 2.88. The molecule has 2 rings (SSSR count). The Bertz CT molecular complexity index is 578. The van der Waals surface area contributed by atoms with Crippen molar-refractivity contribution in [3.8, 4) is 0 Å². The molecule has 0 aliphatic rings. The summed E-state index contributed by atoms with van der Waals surface area (Å²) in [6.07, 6.45) is -2.71. The Morgan fingerprint density at radius 1 is 1.35 bits per heavy atom. The second kappa shape index (κ2) is 5.66. The summed E-state index contributed by atoms with van der Waals surface area (Å²) in [7, 11) is 0. The number of benzene rings is 1. The first kappa shape index (κ1) is 14.6. The minimum absolute atomic E-state index is 0.168. The van der Waals surface area contributed by atoms with Crippen molar-refractivity contribution in [2.24, 2.45) is 0 Å². The van der Waals surface area contributed by atoms with Gasteiger partial charge >= 0.3 is 6.18 Å². The van der Waals surface area contributed by atoms with E-state index in [1.54, 1.807) is 19.2 Å². The van der Waals surface area contributed by atoms with Crippen LogP contribution in [0.2, 0.25) is 0 Å².